The maximum Gasteiger partial charge on any atom is 0.338 e. The summed E-state index contributed by atoms with van der Waals surface area (Å²) in [5.74, 6) is -6.60. The van der Waals surface area contributed by atoms with Crippen molar-refractivity contribution in [2.75, 3.05) is 6.61 Å². The van der Waals surface area contributed by atoms with Crippen LogP contribution in [0.25, 0.3) is 0 Å². The highest BCUT2D eigenvalue weighted by Crippen LogP contribution is 2.68. The molecule has 5 rings (SSSR count). The van der Waals surface area contributed by atoms with Gasteiger partial charge in [0.15, 0.2) is 23.6 Å². The molecule has 1 saturated heterocycles. The van der Waals surface area contributed by atoms with Crippen molar-refractivity contribution in [2.24, 2.45) is 11.3 Å². The maximum absolute atomic E-state index is 14.9. The topological polar surface area (TPSA) is 178 Å². The third kappa shape index (κ3) is 5.54. The molecule has 48 heavy (non-hydrogen) atoms. The molecule has 13 heteroatoms. The lowest BCUT2D eigenvalue weighted by Gasteiger charge is -2.65. The van der Waals surface area contributed by atoms with Crippen LogP contribution < -0.4 is 0 Å². The number of ether oxygens (including phenoxy) is 6. The number of benzene rings is 2. The summed E-state index contributed by atoms with van der Waals surface area (Å²) >= 11 is 0. The number of aliphatic hydroxyl groups is 1. The van der Waals surface area contributed by atoms with Crippen LogP contribution in [0.5, 0.6) is 0 Å². The fourth-order valence-electron chi connectivity index (χ4n) is 7.84. The fraction of sp³-hybridized carbons (Fsp3) is 0.486. The molecule has 2 saturated carbocycles. The molecule has 1 aliphatic heterocycles. The predicted octanol–water partition coefficient (Wildman–Crippen LogP) is 2.75. The van der Waals surface area contributed by atoms with E-state index >= 15 is 0 Å². The van der Waals surface area contributed by atoms with Crippen molar-refractivity contribution in [3.8, 4) is 0 Å². The summed E-state index contributed by atoms with van der Waals surface area (Å²) in [5, 5.41) is 12.6. The van der Waals surface area contributed by atoms with Gasteiger partial charge in [0.05, 0.1) is 28.2 Å². The minimum Gasteiger partial charge on any atom is -0.465 e. The van der Waals surface area contributed by atoms with E-state index < -0.39 is 101 Å². The number of carbonyl (C=O) groups is 6. The molecule has 256 valence electrons. The van der Waals surface area contributed by atoms with E-state index in [0.717, 1.165) is 20.8 Å². The molecule has 0 unspecified atom stereocenters. The van der Waals surface area contributed by atoms with Crippen LogP contribution in [0.15, 0.2) is 60.7 Å². The minimum atomic E-state index is -2.38. The quantitative estimate of drug-likeness (QED) is 0.322. The number of hydrogen-bond donors (Lipinski definition) is 1. The van der Waals surface area contributed by atoms with Gasteiger partial charge < -0.3 is 33.5 Å². The minimum absolute atomic E-state index is 0.0496. The normalized spacial score (nSPS) is 33.1. The highest BCUT2D eigenvalue weighted by Gasteiger charge is 2.88. The average Bonchev–Trinajstić information content (AvgIpc) is 3.22. The van der Waals surface area contributed by atoms with Crippen molar-refractivity contribution >= 4 is 35.6 Å². The maximum atomic E-state index is 14.9. The van der Waals surface area contributed by atoms with E-state index in [1.165, 1.54) is 45.0 Å². The molecule has 0 radical (unpaired) electrons. The number of ketones is 1. The van der Waals surface area contributed by atoms with Gasteiger partial charge in [-0.25, -0.2) is 9.59 Å². The molecule has 1 spiro atoms. The molecule has 0 amide bonds. The zero-order valence-corrected chi connectivity index (χ0v) is 27.4. The second-order valence-electron chi connectivity index (χ2n) is 13.1. The molecule has 1 heterocycles. The first-order chi connectivity index (χ1) is 22.5. The second kappa shape index (κ2) is 12.4. The van der Waals surface area contributed by atoms with Crippen molar-refractivity contribution < 1.29 is 62.3 Å². The van der Waals surface area contributed by atoms with Gasteiger partial charge in [-0.3, -0.25) is 19.2 Å². The highest BCUT2D eigenvalue weighted by atomic mass is 16.6. The molecule has 2 aromatic rings. The number of Topliss-reactive ketones (excluding diaryl/α,β-unsaturated/α-hetero) is 1. The van der Waals surface area contributed by atoms with E-state index in [9.17, 15) is 33.9 Å². The summed E-state index contributed by atoms with van der Waals surface area (Å²) in [5.41, 5.74) is -8.23. The first-order valence-electron chi connectivity index (χ1n) is 15.4. The lowest BCUT2D eigenvalue weighted by atomic mass is 9.46. The third-order valence-electron chi connectivity index (χ3n) is 9.45. The molecule has 2 aromatic carbocycles. The Morgan fingerprint density at radius 3 is 1.77 bits per heavy atom. The van der Waals surface area contributed by atoms with Crippen LogP contribution in [0.4, 0.5) is 0 Å². The van der Waals surface area contributed by atoms with Gasteiger partial charge in [-0.05, 0) is 45.0 Å². The number of hydrogen-bond acceptors (Lipinski definition) is 13. The Hall–Kier alpha value is -4.62. The van der Waals surface area contributed by atoms with Crippen molar-refractivity contribution in [2.45, 2.75) is 89.2 Å². The summed E-state index contributed by atoms with van der Waals surface area (Å²) in [6, 6.07) is 15.5. The van der Waals surface area contributed by atoms with E-state index in [1.54, 1.807) is 36.4 Å². The van der Waals surface area contributed by atoms with Gasteiger partial charge in [0.1, 0.15) is 24.2 Å². The number of rotatable bonds is 8. The molecule has 2 aliphatic carbocycles. The van der Waals surface area contributed by atoms with Crippen molar-refractivity contribution in [1.29, 1.82) is 0 Å². The number of esters is 5. The van der Waals surface area contributed by atoms with E-state index in [0.29, 0.717) is 0 Å². The Morgan fingerprint density at radius 1 is 0.750 bits per heavy atom. The van der Waals surface area contributed by atoms with Crippen LogP contribution in [0.2, 0.25) is 0 Å². The molecule has 1 N–H and O–H groups in total. The van der Waals surface area contributed by atoms with Gasteiger partial charge in [0, 0.05) is 27.2 Å². The Kier molecular flexibility index (Phi) is 8.99. The SMILES string of the molecule is CC(=O)OC[C@]12[C@H](OC(=O)c3ccccc3)C(=O)[C@@H]3[C@@H](OC(C)=O)[C@]1(OC3(C)C)[C@@](C)(O)C[C@H](OC(C)=O)[C@@H]2OC(=O)c1ccccc1. The zero-order chi connectivity index (χ0) is 35.2. The van der Waals surface area contributed by atoms with Gasteiger partial charge in [0.2, 0.25) is 0 Å². The predicted molar refractivity (Wildman–Crippen MR) is 163 cm³/mol. The van der Waals surface area contributed by atoms with Crippen molar-refractivity contribution in [1.82, 2.24) is 0 Å². The third-order valence-corrected chi connectivity index (χ3v) is 9.45. The summed E-state index contributed by atoms with van der Waals surface area (Å²) in [6.45, 7) is 6.81. The van der Waals surface area contributed by atoms with Crippen molar-refractivity contribution in [3.63, 3.8) is 0 Å². The lowest BCUT2D eigenvalue weighted by molar-refractivity contribution is -0.348. The number of fused-ring (bicyclic) bond motifs is 1. The standard InChI is InChI=1S/C35H38O13/c1-19(36)43-18-34-27(46-30(40)22-13-9-7-10-14-22)24(44-20(2)37)17-33(6,42)35(34)28(45-21(3)38)25(32(4,5)48-35)26(39)29(34)47-31(41)23-15-11-8-12-16-23/h7-16,24-25,27-29,42H,17-18H2,1-6H3/t24-,25+,27-,28+,29+,33-,34-,35-/m0/s1. The molecular weight excluding hydrogens is 628 g/mol. The van der Waals surface area contributed by atoms with Crippen LogP contribution >= 0.6 is 0 Å². The molecule has 2 bridgehead atoms. The first-order valence-corrected chi connectivity index (χ1v) is 15.4. The van der Waals surface area contributed by atoms with Gasteiger partial charge in [-0.15, -0.1) is 0 Å². The largest absolute Gasteiger partial charge is 0.465 e. The Labute approximate surface area is 276 Å². The van der Waals surface area contributed by atoms with E-state index in [4.69, 9.17) is 28.4 Å². The van der Waals surface area contributed by atoms with Crippen LogP contribution in [0.1, 0.15) is 68.7 Å². The van der Waals surface area contributed by atoms with Gasteiger partial charge in [0.25, 0.3) is 0 Å². The van der Waals surface area contributed by atoms with Crippen LogP contribution in [-0.4, -0.2) is 88.6 Å². The second-order valence-corrected chi connectivity index (χ2v) is 13.1. The molecule has 3 aliphatic rings. The summed E-state index contributed by atoms with van der Waals surface area (Å²) in [4.78, 5) is 80.3. The smallest absolute Gasteiger partial charge is 0.338 e. The van der Waals surface area contributed by atoms with Gasteiger partial charge >= 0.3 is 29.8 Å². The Balaban J connectivity index is 1.85. The Morgan fingerprint density at radius 2 is 1.27 bits per heavy atom. The highest BCUT2D eigenvalue weighted by molar-refractivity contribution is 5.96. The monoisotopic (exact) mass is 666 g/mol. The van der Waals surface area contributed by atoms with Crippen molar-refractivity contribution in [3.05, 3.63) is 71.8 Å². The number of carbonyl (C=O) groups excluding carboxylic acids is 6. The van der Waals surface area contributed by atoms with Crippen LogP contribution in [-0.2, 0) is 47.6 Å². The first kappa shape index (κ1) is 34.7. The molecule has 13 nitrogen and oxygen atoms in total. The molecule has 3 fully saturated rings. The molecule has 8 atom stereocenters. The van der Waals surface area contributed by atoms with Crippen LogP contribution in [0.3, 0.4) is 0 Å². The summed E-state index contributed by atoms with van der Waals surface area (Å²) in [6.07, 6.45) is -7.32. The fourth-order valence-corrected chi connectivity index (χ4v) is 7.84. The Bertz CT molecular complexity index is 1620. The lowest BCUT2D eigenvalue weighted by Crippen LogP contribution is -2.85. The van der Waals surface area contributed by atoms with Crippen LogP contribution in [0, 0.1) is 11.3 Å². The summed E-state index contributed by atoms with van der Waals surface area (Å²) < 4.78 is 36.0. The average molecular weight is 667 g/mol. The van der Waals surface area contributed by atoms with Gasteiger partial charge in [-0.1, -0.05) is 36.4 Å². The van der Waals surface area contributed by atoms with E-state index in [-0.39, 0.29) is 11.1 Å². The van der Waals surface area contributed by atoms with E-state index in [1.807, 2.05) is 0 Å². The zero-order valence-electron chi connectivity index (χ0n) is 27.4. The molecule has 0 aromatic heterocycles. The summed E-state index contributed by atoms with van der Waals surface area (Å²) in [7, 11) is 0. The van der Waals surface area contributed by atoms with E-state index in [2.05, 4.69) is 0 Å². The van der Waals surface area contributed by atoms with Gasteiger partial charge in [-0.2, -0.15) is 0 Å². The molecular formula is C35H38O13.